The average Bonchev–Trinajstić information content (AvgIpc) is 2.89. The van der Waals surface area contributed by atoms with Crippen molar-refractivity contribution in [1.82, 2.24) is 14.2 Å². The minimum absolute atomic E-state index is 0.0816. The number of piperazine rings is 1. The fraction of sp³-hybridized carbons (Fsp3) is 0.385. The summed E-state index contributed by atoms with van der Waals surface area (Å²) in [6.07, 6.45) is 2.68. The zero-order valence-corrected chi connectivity index (χ0v) is 20.7. The Hall–Kier alpha value is -3.01. The molecule has 2 aliphatic heterocycles. The van der Waals surface area contributed by atoms with Gasteiger partial charge in [0.15, 0.2) is 0 Å². The second-order valence-corrected chi connectivity index (χ2v) is 11.3. The molecule has 0 radical (unpaired) electrons. The van der Waals surface area contributed by atoms with Crippen LogP contribution in [0.25, 0.3) is 10.8 Å². The first-order valence-corrected chi connectivity index (χ1v) is 13.5. The Morgan fingerprint density at radius 3 is 2.31 bits per heavy atom. The molecule has 0 bridgehead atoms. The quantitative estimate of drug-likeness (QED) is 0.588. The molecule has 184 valence electrons. The van der Waals surface area contributed by atoms with Crippen molar-refractivity contribution in [3.05, 3.63) is 60.8 Å². The summed E-state index contributed by atoms with van der Waals surface area (Å²) < 4.78 is 27.9. The number of aromatic nitrogens is 1. The van der Waals surface area contributed by atoms with Gasteiger partial charge in [0.05, 0.1) is 16.8 Å². The molecule has 2 aromatic carbocycles. The van der Waals surface area contributed by atoms with Gasteiger partial charge in [0.1, 0.15) is 5.82 Å². The first kappa shape index (κ1) is 23.7. The van der Waals surface area contributed by atoms with E-state index in [1.165, 1.54) is 4.31 Å². The van der Waals surface area contributed by atoms with Crippen molar-refractivity contribution in [3.63, 3.8) is 0 Å². The number of likely N-dealkylation sites (N-methyl/N-ethyl adjacent to an activating group) is 1. The van der Waals surface area contributed by atoms with Crippen LogP contribution in [0, 0.1) is 5.92 Å². The Bertz CT molecular complexity index is 1300. The van der Waals surface area contributed by atoms with Gasteiger partial charge in [0, 0.05) is 45.2 Å². The fourth-order valence-electron chi connectivity index (χ4n) is 4.76. The van der Waals surface area contributed by atoms with Gasteiger partial charge in [-0.05, 0) is 54.9 Å². The van der Waals surface area contributed by atoms with E-state index in [1.54, 1.807) is 18.3 Å². The molecule has 5 rings (SSSR count). The van der Waals surface area contributed by atoms with Gasteiger partial charge >= 0.3 is 0 Å². The third-order valence-corrected chi connectivity index (χ3v) is 8.92. The molecule has 1 N–H and O–H groups in total. The Kier molecular flexibility index (Phi) is 6.73. The highest BCUT2D eigenvalue weighted by Crippen LogP contribution is 2.27. The van der Waals surface area contributed by atoms with E-state index in [-0.39, 0.29) is 11.8 Å². The van der Waals surface area contributed by atoms with Crippen molar-refractivity contribution in [3.8, 4) is 0 Å². The minimum atomic E-state index is -3.60. The molecule has 0 unspecified atom stereocenters. The molecular formula is C26H31N5O3S. The number of hydrogen-bond acceptors (Lipinski definition) is 6. The SMILES string of the molecule is CN1CCN(c2ccc(NC(=O)C3CCN(S(=O)(=O)c4ccc5ccccc5c4)CC3)cn2)CC1. The van der Waals surface area contributed by atoms with Crippen molar-refractivity contribution in [2.24, 2.45) is 5.92 Å². The molecule has 2 fully saturated rings. The van der Waals surface area contributed by atoms with E-state index < -0.39 is 10.0 Å². The van der Waals surface area contributed by atoms with Crippen molar-refractivity contribution < 1.29 is 13.2 Å². The number of fused-ring (bicyclic) bond motifs is 1. The molecule has 0 atom stereocenters. The highest BCUT2D eigenvalue weighted by molar-refractivity contribution is 7.89. The van der Waals surface area contributed by atoms with Crippen LogP contribution in [-0.2, 0) is 14.8 Å². The first-order valence-electron chi connectivity index (χ1n) is 12.1. The van der Waals surface area contributed by atoms with Gasteiger partial charge < -0.3 is 15.1 Å². The normalized spacial score (nSPS) is 18.6. The zero-order valence-electron chi connectivity index (χ0n) is 19.9. The van der Waals surface area contributed by atoms with Crippen molar-refractivity contribution in [1.29, 1.82) is 0 Å². The van der Waals surface area contributed by atoms with Gasteiger partial charge in [0.2, 0.25) is 15.9 Å². The van der Waals surface area contributed by atoms with E-state index in [0.29, 0.717) is 36.5 Å². The fourth-order valence-corrected chi connectivity index (χ4v) is 6.27. The predicted octanol–water partition coefficient (Wildman–Crippen LogP) is 3.03. The molecule has 2 saturated heterocycles. The number of rotatable bonds is 5. The largest absolute Gasteiger partial charge is 0.354 e. The summed E-state index contributed by atoms with van der Waals surface area (Å²) in [6.45, 7) is 4.55. The van der Waals surface area contributed by atoms with E-state index in [0.717, 1.165) is 42.8 Å². The summed E-state index contributed by atoms with van der Waals surface area (Å²) in [4.78, 5) is 22.2. The number of nitrogens with zero attached hydrogens (tertiary/aromatic N) is 4. The van der Waals surface area contributed by atoms with E-state index in [9.17, 15) is 13.2 Å². The maximum absolute atomic E-state index is 13.2. The molecule has 1 amide bonds. The zero-order chi connectivity index (χ0) is 24.4. The molecule has 35 heavy (non-hydrogen) atoms. The molecule has 2 aliphatic rings. The maximum atomic E-state index is 13.2. The van der Waals surface area contributed by atoms with E-state index in [1.807, 2.05) is 42.5 Å². The van der Waals surface area contributed by atoms with Gasteiger partial charge in [-0.1, -0.05) is 30.3 Å². The third-order valence-electron chi connectivity index (χ3n) is 7.03. The van der Waals surface area contributed by atoms with Crippen LogP contribution in [0.3, 0.4) is 0 Å². The Morgan fingerprint density at radius 2 is 1.63 bits per heavy atom. The molecule has 9 heteroatoms. The lowest BCUT2D eigenvalue weighted by Gasteiger charge is -2.33. The molecule has 1 aromatic heterocycles. The van der Waals surface area contributed by atoms with Crippen LogP contribution in [0.15, 0.2) is 65.7 Å². The predicted molar refractivity (Wildman–Crippen MR) is 138 cm³/mol. The van der Waals surface area contributed by atoms with Crippen LogP contribution < -0.4 is 10.2 Å². The monoisotopic (exact) mass is 493 g/mol. The molecule has 0 saturated carbocycles. The summed E-state index contributed by atoms with van der Waals surface area (Å²) in [6, 6.07) is 16.8. The lowest BCUT2D eigenvalue weighted by Crippen LogP contribution is -2.44. The second kappa shape index (κ2) is 9.93. The average molecular weight is 494 g/mol. The molecule has 3 aromatic rings. The van der Waals surface area contributed by atoms with Crippen LogP contribution >= 0.6 is 0 Å². The number of benzene rings is 2. The van der Waals surface area contributed by atoms with Crippen LogP contribution in [0.2, 0.25) is 0 Å². The van der Waals surface area contributed by atoms with Crippen LogP contribution in [0.1, 0.15) is 12.8 Å². The number of carbonyl (C=O) groups is 1. The Balaban J connectivity index is 1.17. The molecular weight excluding hydrogens is 462 g/mol. The maximum Gasteiger partial charge on any atom is 0.243 e. The standard InChI is InChI=1S/C26H31N5O3S/c1-29-14-16-30(17-15-29)25-9-7-23(19-27-25)28-26(32)21-10-12-31(13-11-21)35(33,34)24-8-6-20-4-2-3-5-22(20)18-24/h2-9,18-19,21H,10-17H2,1H3,(H,28,32). The third kappa shape index (κ3) is 5.17. The summed E-state index contributed by atoms with van der Waals surface area (Å²) in [5.74, 6) is 0.612. The minimum Gasteiger partial charge on any atom is -0.354 e. The number of pyridine rings is 1. The number of sulfonamides is 1. The van der Waals surface area contributed by atoms with Crippen LogP contribution in [0.5, 0.6) is 0 Å². The van der Waals surface area contributed by atoms with Crippen molar-refractivity contribution >= 4 is 38.2 Å². The number of carbonyl (C=O) groups excluding carboxylic acids is 1. The lowest BCUT2D eigenvalue weighted by molar-refractivity contribution is -0.120. The number of anilines is 2. The van der Waals surface area contributed by atoms with Crippen LogP contribution in [0.4, 0.5) is 11.5 Å². The molecule has 3 heterocycles. The van der Waals surface area contributed by atoms with E-state index >= 15 is 0 Å². The summed E-state index contributed by atoms with van der Waals surface area (Å²) in [5, 5.41) is 4.86. The topological polar surface area (TPSA) is 85.9 Å². The van der Waals surface area contributed by atoms with Gasteiger partial charge in [-0.25, -0.2) is 13.4 Å². The number of amides is 1. The second-order valence-electron chi connectivity index (χ2n) is 9.37. The smallest absolute Gasteiger partial charge is 0.243 e. The Labute approximate surface area is 206 Å². The molecule has 0 spiro atoms. The number of nitrogens with one attached hydrogen (secondary N) is 1. The van der Waals surface area contributed by atoms with Gasteiger partial charge in [-0.3, -0.25) is 4.79 Å². The van der Waals surface area contributed by atoms with E-state index in [2.05, 4.69) is 27.1 Å². The van der Waals surface area contributed by atoms with Gasteiger partial charge in [-0.2, -0.15) is 4.31 Å². The highest BCUT2D eigenvalue weighted by Gasteiger charge is 2.32. The van der Waals surface area contributed by atoms with Crippen molar-refractivity contribution in [2.75, 3.05) is 56.5 Å². The molecule has 8 nitrogen and oxygen atoms in total. The van der Waals surface area contributed by atoms with E-state index in [4.69, 9.17) is 0 Å². The summed E-state index contributed by atoms with van der Waals surface area (Å²) in [5.41, 5.74) is 0.666. The van der Waals surface area contributed by atoms with Gasteiger partial charge in [0.25, 0.3) is 0 Å². The number of piperidine rings is 1. The Morgan fingerprint density at radius 1 is 0.914 bits per heavy atom. The van der Waals surface area contributed by atoms with Gasteiger partial charge in [-0.15, -0.1) is 0 Å². The lowest BCUT2D eigenvalue weighted by atomic mass is 9.97. The first-order chi connectivity index (χ1) is 16.9. The number of hydrogen-bond donors (Lipinski definition) is 1. The van der Waals surface area contributed by atoms with Crippen molar-refractivity contribution in [2.45, 2.75) is 17.7 Å². The highest BCUT2D eigenvalue weighted by atomic mass is 32.2. The summed E-state index contributed by atoms with van der Waals surface area (Å²) >= 11 is 0. The molecule has 0 aliphatic carbocycles. The summed E-state index contributed by atoms with van der Waals surface area (Å²) in [7, 11) is -1.48. The van der Waals surface area contributed by atoms with Crippen LogP contribution in [-0.4, -0.2) is 74.8 Å².